The molecule has 14 heteroatoms. The molecule has 0 atom stereocenters. The highest BCUT2D eigenvalue weighted by molar-refractivity contribution is 7.86. The van der Waals surface area contributed by atoms with Crippen LogP contribution in [0.2, 0.25) is 0 Å². The molecule has 7 nitrogen and oxygen atoms in total. The minimum atomic E-state index is -4.17. The largest absolute Gasteiger partial charge is 0.508 e. The molecule has 0 bridgehead atoms. The zero-order chi connectivity index (χ0) is 36.0. The van der Waals surface area contributed by atoms with Gasteiger partial charge in [-0.05, 0) is 98.5 Å². The molecule has 4 aromatic rings. The number of fused-ring (bicyclic) bond motifs is 2. The number of phenols is 1. The van der Waals surface area contributed by atoms with Crippen LogP contribution < -0.4 is 16.2 Å². The first-order valence-electron chi connectivity index (χ1n) is 15.8. The third-order valence-corrected chi connectivity index (χ3v) is 9.30. The highest BCUT2D eigenvalue weighted by Gasteiger charge is 2.42. The summed E-state index contributed by atoms with van der Waals surface area (Å²) in [5.74, 6) is -1.57. The average molecular weight is 715 g/mol. The van der Waals surface area contributed by atoms with Gasteiger partial charge in [-0.3, -0.25) is 4.18 Å². The fourth-order valence-electron chi connectivity index (χ4n) is 6.07. The second-order valence-corrected chi connectivity index (χ2v) is 14.0. The Morgan fingerprint density at radius 1 is 0.653 bits per heavy atom. The van der Waals surface area contributed by atoms with Gasteiger partial charge in [0.05, 0.1) is 30.3 Å². The maximum Gasteiger partial charge on any atom is 0.391 e. The number of hydrogen-bond donors (Lipinski definition) is 3. The van der Waals surface area contributed by atoms with Crippen LogP contribution in [0, 0.1) is 11.8 Å². The van der Waals surface area contributed by atoms with Gasteiger partial charge in [0.25, 0.3) is 10.1 Å². The molecule has 2 saturated carbocycles. The van der Waals surface area contributed by atoms with Crippen molar-refractivity contribution in [2.24, 2.45) is 11.8 Å². The van der Waals surface area contributed by atoms with E-state index in [0.29, 0.717) is 30.0 Å². The van der Waals surface area contributed by atoms with E-state index in [1.54, 1.807) is 12.1 Å². The summed E-state index contributed by atoms with van der Waals surface area (Å²) in [5, 5.41) is 13.1. The molecule has 49 heavy (non-hydrogen) atoms. The number of alkyl halides is 6. The van der Waals surface area contributed by atoms with Crippen molar-refractivity contribution < 1.29 is 48.8 Å². The van der Waals surface area contributed by atoms with E-state index in [-0.39, 0.29) is 50.4 Å². The number of aromatic hydroxyl groups is 1. The molecule has 2 aliphatic rings. The summed E-state index contributed by atoms with van der Waals surface area (Å²) in [6, 6.07) is 22.1. The molecule has 0 aliphatic heterocycles. The number of hydrogen-bond acceptors (Lipinski definition) is 7. The molecule has 2 fully saturated rings. The first-order valence-corrected chi connectivity index (χ1v) is 17.6. The average Bonchev–Trinajstić information content (AvgIpc) is 3.02. The number of nitrogens with two attached hydrogens (primary N) is 2. The molecule has 0 radical (unpaired) electrons. The van der Waals surface area contributed by atoms with Gasteiger partial charge >= 0.3 is 12.4 Å². The topological polar surface area (TPSA) is 125 Å². The van der Waals surface area contributed by atoms with Crippen LogP contribution in [0.5, 0.6) is 11.5 Å². The maximum absolute atomic E-state index is 12.7. The number of anilines is 2. The molecule has 4 aromatic carbocycles. The van der Waals surface area contributed by atoms with Gasteiger partial charge in [0.15, 0.2) is 0 Å². The highest BCUT2D eigenvalue weighted by atomic mass is 32.2. The van der Waals surface area contributed by atoms with Crippen LogP contribution in [0.3, 0.4) is 0 Å². The fraction of sp³-hybridized carbons (Fsp3) is 0.429. The van der Waals surface area contributed by atoms with Crippen molar-refractivity contribution in [3.8, 4) is 11.5 Å². The smallest absolute Gasteiger partial charge is 0.391 e. The molecule has 6 rings (SSSR count). The number of rotatable bonds is 4. The van der Waals surface area contributed by atoms with Gasteiger partial charge in [-0.2, -0.15) is 34.8 Å². The third kappa shape index (κ3) is 11.3. The summed E-state index contributed by atoms with van der Waals surface area (Å²) in [5.41, 5.74) is 13.0. The van der Waals surface area contributed by atoms with Crippen LogP contribution in [0.4, 0.5) is 37.7 Å². The van der Waals surface area contributed by atoms with Crippen LogP contribution in [0.1, 0.15) is 51.4 Å². The van der Waals surface area contributed by atoms with Gasteiger partial charge in [0, 0.05) is 22.1 Å². The molecule has 0 aromatic heterocycles. The molecule has 0 amide bonds. The number of ether oxygens (including phenoxy) is 1. The third-order valence-electron chi connectivity index (χ3n) is 8.67. The Morgan fingerprint density at radius 2 is 1.10 bits per heavy atom. The molecule has 0 saturated heterocycles. The first-order chi connectivity index (χ1) is 22.9. The van der Waals surface area contributed by atoms with E-state index in [4.69, 9.17) is 16.2 Å². The first kappa shape index (κ1) is 37.9. The molecule has 0 unspecified atom stereocenters. The summed E-state index contributed by atoms with van der Waals surface area (Å²) in [6.45, 7) is 0. The lowest BCUT2D eigenvalue weighted by atomic mass is 9.87. The van der Waals surface area contributed by atoms with E-state index < -0.39 is 40.4 Å². The van der Waals surface area contributed by atoms with Crippen LogP contribution in [0.25, 0.3) is 21.5 Å². The maximum atomic E-state index is 12.7. The van der Waals surface area contributed by atoms with Crippen LogP contribution in [-0.2, 0) is 14.3 Å². The van der Waals surface area contributed by atoms with Gasteiger partial charge in [-0.1, -0.05) is 36.4 Å². The monoisotopic (exact) mass is 714 g/mol. The Bertz CT molecular complexity index is 1800. The standard InChI is InChI=1S/C17H18F3NO.C10H9NO.C8H13F3O3S/c18-17(19,20)12-5-8-13(9-6-12)22-14-7-4-11-2-1-3-16(21)15(11)10-14;11-10-3-1-2-7-4-5-8(12)6-9(7)10;1-15(12,13)14-7-4-2-6(3-5-7)8(9,10)11/h1-4,7,10,12-13H,5-6,8-9,21H2;1-6,12H,11H2;6-7H,2-5H2,1H3. The van der Waals surface area contributed by atoms with Crippen molar-refractivity contribution in [2.45, 2.75) is 75.9 Å². The number of nitrogen functional groups attached to an aromatic ring is 2. The van der Waals surface area contributed by atoms with E-state index in [1.807, 2.05) is 60.7 Å². The van der Waals surface area contributed by atoms with Crippen molar-refractivity contribution >= 4 is 43.0 Å². The Morgan fingerprint density at radius 3 is 1.57 bits per heavy atom. The van der Waals surface area contributed by atoms with Crippen LogP contribution >= 0.6 is 0 Å². The van der Waals surface area contributed by atoms with Crippen molar-refractivity contribution in [2.75, 3.05) is 17.7 Å². The van der Waals surface area contributed by atoms with Gasteiger partial charge < -0.3 is 21.3 Å². The SMILES string of the molecule is CS(=O)(=O)OC1CCC(C(F)(F)F)CC1.Nc1cccc2ccc(O)cc12.Nc1cccc2ccc(OC3CCC(C(F)(F)F)CC3)cc12. The summed E-state index contributed by atoms with van der Waals surface area (Å²) >= 11 is 0. The van der Waals surface area contributed by atoms with E-state index in [2.05, 4.69) is 4.18 Å². The van der Waals surface area contributed by atoms with Crippen molar-refractivity contribution in [1.29, 1.82) is 0 Å². The van der Waals surface area contributed by atoms with Crippen LogP contribution in [-0.4, -0.2) is 44.3 Å². The number of benzene rings is 4. The predicted octanol–water partition coefficient (Wildman–Crippen LogP) is 9.13. The van der Waals surface area contributed by atoms with E-state index in [9.17, 15) is 39.9 Å². The highest BCUT2D eigenvalue weighted by Crippen LogP contribution is 2.40. The number of phenolic OH excluding ortho intramolecular Hbond substituents is 1. The van der Waals surface area contributed by atoms with E-state index >= 15 is 0 Å². The summed E-state index contributed by atoms with van der Waals surface area (Å²) in [7, 11) is -3.56. The zero-order valence-corrected chi connectivity index (χ0v) is 27.6. The van der Waals surface area contributed by atoms with Gasteiger partial charge in [0.2, 0.25) is 0 Å². The lowest BCUT2D eigenvalue weighted by Gasteiger charge is -2.30. The Hall–Kier alpha value is -3.91. The summed E-state index contributed by atoms with van der Waals surface area (Å²) < 4.78 is 107. The summed E-state index contributed by atoms with van der Waals surface area (Å²) in [4.78, 5) is 0. The molecular formula is C35H40F6N2O5S. The van der Waals surface area contributed by atoms with E-state index in [0.717, 1.165) is 27.8 Å². The molecule has 268 valence electrons. The number of halogens is 6. The van der Waals surface area contributed by atoms with Gasteiger partial charge in [0.1, 0.15) is 11.5 Å². The van der Waals surface area contributed by atoms with Crippen LogP contribution in [0.15, 0.2) is 72.8 Å². The molecule has 5 N–H and O–H groups in total. The quantitative estimate of drug-likeness (QED) is 0.109. The zero-order valence-electron chi connectivity index (χ0n) is 26.8. The minimum Gasteiger partial charge on any atom is -0.508 e. The Balaban J connectivity index is 0.000000175. The van der Waals surface area contributed by atoms with Crippen molar-refractivity contribution in [3.63, 3.8) is 0 Å². The normalized spacial score (nSPS) is 21.6. The fourth-order valence-corrected chi connectivity index (χ4v) is 6.75. The Kier molecular flexibility index (Phi) is 12.2. The molecule has 2 aliphatic carbocycles. The van der Waals surface area contributed by atoms with Crippen molar-refractivity contribution in [3.05, 3.63) is 72.8 Å². The van der Waals surface area contributed by atoms with Gasteiger partial charge in [-0.15, -0.1) is 0 Å². The summed E-state index contributed by atoms with van der Waals surface area (Å²) in [6.07, 6.45) is -6.73. The van der Waals surface area contributed by atoms with Gasteiger partial charge in [-0.25, -0.2) is 0 Å². The van der Waals surface area contributed by atoms with E-state index in [1.165, 1.54) is 0 Å². The minimum absolute atomic E-state index is 0.0519. The predicted molar refractivity (Wildman–Crippen MR) is 179 cm³/mol. The second-order valence-electron chi connectivity index (χ2n) is 12.4. The van der Waals surface area contributed by atoms with Crippen molar-refractivity contribution in [1.82, 2.24) is 0 Å². The Labute approximate surface area is 281 Å². The second kappa shape index (κ2) is 15.8. The lowest BCUT2D eigenvalue weighted by molar-refractivity contribution is -0.185. The molecule has 0 spiro atoms. The molecular weight excluding hydrogens is 674 g/mol. The molecule has 0 heterocycles. The lowest BCUT2D eigenvalue weighted by Crippen LogP contribution is -2.31.